The number of fused-ring (bicyclic) bond motifs is 1. The molecule has 1 heterocycles. The van der Waals surface area contributed by atoms with Gasteiger partial charge in [-0.05, 0) is 48.2 Å². The number of rotatable bonds is 7. The van der Waals surface area contributed by atoms with Gasteiger partial charge in [0.2, 0.25) is 5.91 Å². The summed E-state index contributed by atoms with van der Waals surface area (Å²) in [4.78, 5) is 38.5. The van der Waals surface area contributed by atoms with Gasteiger partial charge in [0.1, 0.15) is 5.75 Å². The summed E-state index contributed by atoms with van der Waals surface area (Å²) < 4.78 is 5.12. The second-order valence-corrected chi connectivity index (χ2v) is 7.27. The smallest absolute Gasteiger partial charge is 0.261 e. The Labute approximate surface area is 164 Å². The predicted octanol–water partition coefficient (Wildman–Crippen LogP) is 3.52. The zero-order valence-electron chi connectivity index (χ0n) is 16.3. The van der Waals surface area contributed by atoms with Crippen molar-refractivity contribution in [1.82, 2.24) is 4.90 Å². The van der Waals surface area contributed by atoms with Gasteiger partial charge < -0.3 is 10.1 Å². The Morgan fingerprint density at radius 1 is 1.04 bits per heavy atom. The number of imide groups is 1. The van der Waals surface area contributed by atoms with Gasteiger partial charge >= 0.3 is 0 Å². The van der Waals surface area contributed by atoms with E-state index in [4.69, 9.17) is 4.74 Å². The van der Waals surface area contributed by atoms with Gasteiger partial charge in [0.25, 0.3) is 11.8 Å². The fourth-order valence-electron chi connectivity index (χ4n) is 3.17. The van der Waals surface area contributed by atoms with E-state index in [1.165, 1.54) is 4.90 Å². The molecule has 0 aromatic heterocycles. The van der Waals surface area contributed by atoms with E-state index in [9.17, 15) is 14.4 Å². The molecule has 2 aromatic rings. The standard InChI is InChI=1S/C22H24N2O4/c1-14(2)13-24-21(26)18-10-7-16(12-19(18)22(24)27)23-20(25)11-6-15-4-8-17(28-3)9-5-15/h4-5,7-10,12,14H,6,11,13H2,1-3H3,(H,23,25). The average molecular weight is 380 g/mol. The molecule has 28 heavy (non-hydrogen) atoms. The van der Waals surface area contributed by atoms with Crippen molar-refractivity contribution in [3.63, 3.8) is 0 Å². The topological polar surface area (TPSA) is 75.7 Å². The van der Waals surface area contributed by atoms with Gasteiger partial charge in [-0.3, -0.25) is 19.3 Å². The minimum atomic E-state index is -0.303. The number of nitrogens with one attached hydrogen (secondary N) is 1. The number of amides is 3. The lowest BCUT2D eigenvalue weighted by atomic mass is 10.1. The van der Waals surface area contributed by atoms with Crippen LogP contribution in [0.4, 0.5) is 5.69 Å². The molecule has 0 fully saturated rings. The van der Waals surface area contributed by atoms with E-state index in [0.717, 1.165) is 11.3 Å². The molecule has 0 unspecified atom stereocenters. The molecule has 1 aliphatic rings. The fourth-order valence-corrected chi connectivity index (χ4v) is 3.17. The lowest BCUT2D eigenvalue weighted by Gasteiger charge is -2.15. The molecule has 0 atom stereocenters. The van der Waals surface area contributed by atoms with Crippen LogP contribution < -0.4 is 10.1 Å². The summed E-state index contributed by atoms with van der Waals surface area (Å²) in [6, 6.07) is 12.4. The molecule has 0 bridgehead atoms. The van der Waals surface area contributed by atoms with Crippen molar-refractivity contribution in [2.75, 3.05) is 19.0 Å². The van der Waals surface area contributed by atoms with E-state index in [1.807, 2.05) is 38.1 Å². The van der Waals surface area contributed by atoms with Crippen LogP contribution in [0.15, 0.2) is 42.5 Å². The number of hydrogen-bond donors (Lipinski definition) is 1. The van der Waals surface area contributed by atoms with E-state index in [-0.39, 0.29) is 23.6 Å². The molecule has 1 N–H and O–H groups in total. The van der Waals surface area contributed by atoms with E-state index in [2.05, 4.69) is 5.32 Å². The lowest BCUT2D eigenvalue weighted by molar-refractivity contribution is -0.116. The molecule has 2 aromatic carbocycles. The Bertz CT molecular complexity index is 903. The van der Waals surface area contributed by atoms with E-state index < -0.39 is 0 Å². The molecule has 0 saturated heterocycles. The van der Waals surface area contributed by atoms with Crippen molar-refractivity contribution in [2.24, 2.45) is 5.92 Å². The maximum atomic E-state index is 12.5. The molecule has 0 aliphatic carbocycles. The number of carbonyl (C=O) groups is 3. The van der Waals surface area contributed by atoms with Gasteiger partial charge in [-0.25, -0.2) is 0 Å². The van der Waals surface area contributed by atoms with E-state index in [0.29, 0.717) is 36.2 Å². The van der Waals surface area contributed by atoms with Crippen molar-refractivity contribution in [3.8, 4) is 5.75 Å². The molecule has 0 spiro atoms. The lowest BCUT2D eigenvalue weighted by Crippen LogP contribution is -2.33. The van der Waals surface area contributed by atoms with E-state index in [1.54, 1.807) is 25.3 Å². The Kier molecular flexibility index (Phi) is 5.78. The molecule has 3 rings (SSSR count). The summed E-state index contributed by atoms with van der Waals surface area (Å²) >= 11 is 0. The van der Waals surface area contributed by atoms with Crippen molar-refractivity contribution in [1.29, 1.82) is 0 Å². The number of ether oxygens (including phenoxy) is 1. The number of carbonyl (C=O) groups excluding carboxylic acids is 3. The van der Waals surface area contributed by atoms with Gasteiger partial charge in [-0.2, -0.15) is 0 Å². The van der Waals surface area contributed by atoms with Crippen LogP contribution in [0, 0.1) is 5.92 Å². The Hall–Kier alpha value is -3.15. The number of aryl methyl sites for hydroxylation is 1. The van der Waals surface area contributed by atoms with Gasteiger partial charge in [0.15, 0.2) is 0 Å². The summed E-state index contributed by atoms with van der Waals surface area (Å²) in [6.07, 6.45) is 0.913. The first kappa shape index (κ1) is 19.6. The monoisotopic (exact) mass is 380 g/mol. The third kappa shape index (κ3) is 4.22. The Balaban J connectivity index is 1.63. The van der Waals surface area contributed by atoms with Crippen LogP contribution in [0.5, 0.6) is 5.75 Å². The first-order valence-corrected chi connectivity index (χ1v) is 9.32. The summed E-state index contributed by atoms with van der Waals surface area (Å²) in [5.41, 5.74) is 2.29. The van der Waals surface area contributed by atoms with Crippen LogP contribution in [0.25, 0.3) is 0 Å². The zero-order valence-corrected chi connectivity index (χ0v) is 16.3. The highest BCUT2D eigenvalue weighted by atomic mass is 16.5. The largest absolute Gasteiger partial charge is 0.497 e. The molecular formula is C22H24N2O4. The van der Waals surface area contributed by atoms with Gasteiger partial charge in [0, 0.05) is 18.7 Å². The Morgan fingerprint density at radius 3 is 2.36 bits per heavy atom. The summed E-state index contributed by atoms with van der Waals surface area (Å²) in [6.45, 7) is 4.30. The predicted molar refractivity (Wildman–Crippen MR) is 107 cm³/mol. The summed E-state index contributed by atoms with van der Waals surface area (Å²) in [7, 11) is 1.61. The maximum Gasteiger partial charge on any atom is 0.261 e. The normalized spacial score (nSPS) is 13.1. The van der Waals surface area contributed by atoms with Crippen LogP contribution in [-0.4, -0.2) is 36.3 Å². The third-order valence-corrected chi connectivity index (χ3v) is 4.60. The number of benzene rings is 2. The van der Waals surface area contributed by atoms with Crippen LogP contribution in [-0.2, 0) is 11.2 Å². The number of anilines is 1. The minimum absolute atomic E-state index is 0.147. The fraction of sp³-hybridized carbons (Fsp3) is 0.318. The minimum Gasteiger partial charge on any atom is -0.497 e. The van der Waals surface area contributed by atoms with Crippen LogP contribution >= 0.6 is 0 Å². The van der Waals surface area contributed by atoms with E-state index >= 15 is 0 Å². The first-order valence-electron chi connectivity index (χ1n) is 9.32. The molecule has 6 nitrogen and oxygen atoms in total. The number of hydrogen-bond acceptors (Lipinski definition) is 4. The van der Waals surface area contributed by atoms with Crippen molar-refractivity contribution in [3.05, 3.63) is 59.2 Å². The number of methoxy groups -OCH3 is 1. The van der Waals surface area contributed by atoms with Crippen molar-refractivity contribution >= 4 is 23.4 Å². The molecule has 0 saturated carbocycles. The van der Waals surface area contributed by atoms with Gasteiger partial charge in [-0.15, -0.1) is 0 Å². The van der Waals surface area contributed by atoms with Crippen LogP contribution in [0.2, 0.25) is 0 Å². The average Bonchev–Trinajstić information content (AvgIpc) is 2.91. The van der Waals surface area contributed by atoms with Crippen LogP contribution in [0.3, 0.4) is 0 Å². The van der Waals surface area contributed by atoms with Crippen LogP contribution in [0.1, 0.15) is 46.5 Å². The molecule has 146 valence electrons. The van der Waals surface area contributed by atoms with Crippen molar-refractivity contribution in [2.45, 2.75) is 26.7 Å². The highest BCUT2D eigenvalue weighted by Crippen LogP contribution is 2.26. The third-order valence-electron chi connectivity index (χ3n) is 4.60. The molecule has 1 aliphatic heterocycles. The molecule has 0 radical (unpaired) electrons. The summed E-state index contributed by atoms with van der Waals surface area (Å²) in [5.74, 6) is 0.247. The SMILES string of the molecule is COc1ccc(CCC(=O)Nc2ccc3c(c2)C(=O)N(CC(C)C)C3=O)cc1. The first-order chi connectivity index (χ1) is 13.4. The second kappa shape index (κ2) is 8.25. The van der Waals surface area contributed by atoms with Gasteiger partial charge in [-0.1, -0.05) is 26.0 Å². The summed E-state index contributed by atoms with van der Waals surface area (Å²) in [5, 5.41) is 2.81. The Morgan fingerprint density at radius 2 is 1.71 bits per heavy atom. The number of nitrogens with zero attached hydrogens (tertiary/aromatic N) is 1. The molecule has 3 amide bonds. The quantitative estimate of drug-likeness (QED) is 0.746. The zero-order chi connectivity index (χ0) is 20.3. The van der Waals surface area contributed by atoms with Gasteiger partial charge in [0.05, 0.1) is 18.2 Å². The highest BCUT2D eigenvalue weighted by Gasteiger charge is 2.35. The highest BCUT2D eigenvalue weighted by molar-refractivity contribution is 6.21. The molecular weight excluding hydrogens is 356 g/mol. The maximum absolute atomic E-state index is 12.5. The van der Waals surface area contributed by atoms with Crippen molar-refractivity contribution < 1.29 is 19.1 Å². The molecule has 6 heteroatoms. The second-order valence-electron chi connectivity index (χ2n) is 7.27.